The standard InChI is InChI=1S/C15H12ClN3O3/c16-9-1-3-10(4-2-9)17-15(21)18-11-5-6-12-13(7-11)22-8-14(20)19-12/h1-7H,8H2,(H,19,20)(H2,17,18,21). The van der Waals surface area contributed by atoms with Gasteiger partial charge in [-0.25, -0.2) is 4.79 Å². The van der Waals surface area contributed by atoms with Crippen LogP contribution in [0.25, 0.3) is 0 Å². The minimum absolute atomic E-state index is 0.0343. The number of halogens is 1. The second-order valence-electron chi connectivity index (χ2n) is 4.63. The van der Waals surface area contributed by atoms with Crippen LogP contribution in [0, 0.1) is 0 Å². The van der Waals surface area contributed by atoms with E-state index in [1.54, 1.807) is 42.5 Å². The Morgan fingerprint density at radius 3 is 2.55 bits per heavy atom. The van der Waals surface area contributed by atoms with Gasteiger partial charge in [-0.05, 0) is 36.4 Å². The summed E-state index contributed by atoms with van der Waals surface area (Å²) >= 11 is 5.78. The maximum atomic E-state index is 11.9. The van der Waals surface area contributed by atoms with Crippen molar-refractivity contribution in [1.29, 1.82) is 0 Å². The largest absolute Gasteiger partial charge is 0.482 e. The Morgan fingerprint density at radius 1 is 1.09 bits per heavy atom. The zero-order valence-electron chi connectivity index (χ0n) is 11.4. The molecule has 112 valence electrons. The number of amides is 3. The molecule has 0 fully saturated rings. The van der Waals surface area contributed by atoms with E-state index in [1.165, 1.54) is 0 Å². The van der Waals surface area contributed by atoms with Crippen LogP contribution >= 0.6 is 11.6 Å². The van der Waals surface area contributed by atoms with Crippen LogP contribution in [0.15, 0.2) is 42.5 Å². The summed E-state index contributed by atoms with van der Waals surface area (Å²) in [4.78, 5) is 23.1. The summed E-state index contributed by atoms with van der Waals surface area (Å²) in [6, 6.07) is 11.4. The highest BCUT2D eigenvalue weighted by Crippen LogP contribution is 2.30. The van der Waals surface area contributed by atoms with Crippen LogP contribution in [0.2, 0.25) is 5.02 Å². The zero-order chi connectivity index (χ0) is 15.5. The van der Waals surface area contributed by atoms with Gasteiger partial charge in [0.15, 0.2) is 6.61 Å². The van der Waals surface area contributed by atoms with Crippen LogP contribution < -0.4 is 20.7 Å². The molecule has 2 aromatic carbocycles. The van der Waals surface area contributed by atoms with E-state index in [1.807, 2.05) is 0 Å². The van der Waals surface area contributed by atoms with E-state index in [4.69, 9.17) is 16.3 Å². The highest BCUT2D eigenvalue weighted by Gasteiger charge is 2.16. The molecule has 0 radical (unpaired) electrons. The van der Waals surface area contributed by atoms with Gasteiger partial charge in [-0.1, -0.05) is 11.6 Å². The smallest absolute Gasteiger partial charge is 0.323 e. The lowest BCUT2D eigenvalue weighted by Crippen LogP contribution is -2.25. The Kier molecular flexibility index (Phi) is 3.84. The highest BCUT2D eigenvalue weighted by molar-refractivity contribution is 6.30. The average Bonchev–Trinajstić information content (AvgIpc) is 2.50. The van der Waals surface area contributed by atoms with E-state index >= 15 is 0 Å². The molecule has 1 aliphatic rings. The molecule has 0 bridgehead atoms. The van der Waals surface area contributed by atoms with Crippen molar-refractivity contribution in [3.05, 3.63) is 47.5 Å². The first-order chi connectivity index (χ1) is 10.6. The van der Waals surface area contributed by atoms with Gasteiger partial charge in [0, 0.05) is 22.5 Å². The predicted molar refractivity (Wildman–Crippen MR) is 84.7 cm³/mol. The number of nitrogens with one attached hydrogen (secondary N) is 3. The number of hydrogen-bond donors (Lipinski definition) is 3. The fraction of sp³-hybridized carbons (Fsp3) is 0.0667. The first-order valence-electron chi connectivity index (χ1n) is 6.50. The van der Waals surface area contributed by atoms with Gasteiger partial charge in [0.25, 0.3) is 5.91 Å². The van der Waals surface area contributed by atoms with Crippen LogP contribution in [0.4, 0.5) is 21.9 Å². The molecule has 0 aromatic heterocycles. The predicted octanol–water partition coefficient (Wildman–Crippen LogP) is 3.31. The first kappa shape index (κ1) is 14.2. The molecule has 22 heavy (non-hydrogen) atoms. The number of anilines is 3. The molecule has 0 atom stereocenters. The summed E-state index contributed by atoms with van der Waals surface area (Å²) in [6.07, 6.45) is 0. The Bertz CT molecular complexity index is 731. The maximum Gasteiger partial charge on any atom is 0.323 e. The second kappa shape index (κ2) is 5.95. The maximum absolute atomic E-state index is 11.9. The fourth-order valence-electron chi connectivity index (χ4n) is 1.98. The van der Waals surface area contributed by atoms with Gasteiger partial charge < -0.3 is 20.7 Å². The van der Waals surface area contributed by atoms with E-state index in [9.17, 15) is 9.59 Å². The van der Waals surface area contributed by atoms with E-state index in [2.05, 4.69) is 16.0 Å². The van der Waals surface area contributed by atoms with Crippen molar-refractivity contribution in [2.24, 2.45) is 0 Å². The van der Waals surface area contributed by atoms with Crippen molar-refractivity contribution in [2.45, 2.75) is 0 Å². The molecule has 0 saturated heterocycles. The third kappa shape index (κ3) is 3.29. The van der Waals surface area contributed by atoms with E-state index in [-0.39, 0.29) is 18.5 Å². The third-order valence-electron chi connectivity index (χ3n) is 2.97. The van der Waals surface area contributed by atoms with Crippen LogP contribution in [0.1, 0.15) is 0 Å². The molecule has 0 spiro atoms. The van der Waals surface area contributed by atoms with Crippen molar-refractivity contribution in [3.63, 3.8) is 0 Å². The van der Waals surface area contributed by atoms with Gasteiger partial charge in [0.2, 0.25) is 0 Å². The summed E-state index contributed by atoms with van der Waals surface area (Å²) in [5, 5.41) is 8.65. The molecule has 2 aromatic rings. The number of rotatable bonds is 2. The Morgan fingerprint density at radius 2 is 1.77 bits per heavy atom. The molecule has 3 rings (SSSR count). The molecule has 0 unspecified atom stereocenters. The molecule has 0 saturated carbocycles. The number of carbonyl (C=O) groups excluding carboxylic acids is 2. The lowest BCUT2D eigenvalue weighted by Gasteiger charge is -2.18. The van der Waals surface area contributed by atoms with Gasteiger partial charge in [-0.2, -0.15) is 0 Å². The lowest BCUT2D eigenvalue weighted by atomic mass is 10.2. The Hall–Kier alpha value is -2.73. The lowest BCUT2D eigenvalue weighted by molar-refractivity contribution is -0.118. The van der Waals surface area contributed by atoms with Crippen LogP contribution in [0.3, 0.4) is 0 Å². The van der Waals surface area contributed by atoms with Crippen LogP contribution in [-0.4, -0.2) is 18.5 Å². The minimum Gasteiger partial charge on any atom is -0.482 e. The number of fused-ring (bicyclic) bond motifs is 1. The summed E-state index contributed by atoms with van der Waals surface area (Å²) in [5.41, 5.74) is 1.77. The van der Waals surface area contributed by atoms with Crippen LogP contribution in [0.5, 0.6) is 5.75 Å². The van der Waals surface area contributed by atoms with Gasteiger partial charge >= 0.3 is 6.03 Å². The Balaban J connectivity index is 1.66. The summed E-state index contributed by atoms with van der Waals surface area (Å²) in [6.45, 7) is -0.0343. The SMILES string of the molecule is O=C1COc2cc(NC(=O)Nc3ccc(Cl)cc3)ccc2N1. The molecule has 7 heteroatoms. The number of urea groups is 1. The van der Waals surface area contributed by atoms with Crippen molar-refractivity contribution in [2.75, 3.05) is 22.6 Å². The topological polar surface area (TPSA) is 79.5 Å². The monoisotopic (exact) mass is 317 g/mol. The quantitative estimate of drug-likeness (QED) is 0.795. The van der Waals surface area contributed by atoms with Crippen molar-refractivity contribution < 1.29 is 14.3 Å². The number of carbonyl (C=O) groups is 2. The molecular formula is C15H12ClN3O3. The summed E-state index contributed by atoms with van der Waals surface area (Å²) < 4.78 is 5.29. The van der Waals surface area contributed by atoms with E-state index in [0.29, 0.717) is 27.8 Å². The molecule has 1 heterocycles. The van der Waals surface area contributed by atoms with Gasteiger partial charge in [-0.3, -0.25) is 4.79 Å². The highest BCUT2D eigenvalue weighted by atomic mass is 35.5. The molecular weight excluding hydrogens is 306 g/mol. The normalized spacial score (nSPS) is 12.7. The number of ether oxygens (including phenoxy) is 1. The second-order valence-corrected chi connectivity index (χ2v) is 5.07. The number of hydrogen-bond acceptors (Lipinski definition) is 3. The van der Waals surface area contributed by atoms with Gasteiger partial charge in [-0.15, -0.1) is 0 Å². The molecule has 3 N–H and O–H groups in total. The molecule has 6 nitrogen and oxygen atoms in total. The third-order valence-corrected chi connectivity index (χ3v) is 3.23. The van der Waals surface area contributed by atoms with Crippen molar-refractivity contribution in [1.82, 2.24) is 0 Å². The van der Waals surface area contributed by atoms with Gasteiger partial charge in [0.1, 0.15) is 5.75 Å². The molecule has 3 amide bonds. The summed E-state index contributed by atoms with van der Waals surface area (Å²) in [5.74, 6) is 0.317. The van der Waals surface area contributed by atoms with E-state index < -0.39 is 0 Å². The first-order valence-corrected chi connectivity index (χ1v) is 6.88. The Labute approximate surface area is 131 Å². The summed E-state index contributed by atoms with van der Waals surface area (Å²) in [7, 11) is 0. The minimum atomic E-state index is -0.387. The number of benzene rings is 2. The van der Waals surface area contributed by atoms with Crippen LogP contribution in [-0.2, 0) is 4.79 Å². The van der Waals surface area contributed by atoms with E-state index in [0.717, 1.165) is 0 Å². The average molecular weight is 318 g/mol. The fourth-order valence-corrected chi connectivity index (χ4v) is 2.11. The van der Waals surface area contributed by atoms with Crippen molar-refractivity contribution in [3.8, 4) is 5.75 Å². The zero-order valence-corrected chi connectivity index (χ0v) is 12.1. The van der Waals surface area contributed by atoms with Crippen molar-refractivity contribution >= 4 is 40.6 Å². The molecule has 1 aliphatic heterocycles. The van der Waals surface area contributed by atoms with Gasteiger partial charge in [0.05, 0.1) is 5.69 Å². The molecule has 0 aliphatic carbocycles.